The lowest BCUT2D eigenvalue weighted by Gasteiger charge is -1.97. The molecule has 9 heavy (non-hydrogen) atoms. The van der Waals surface area contributed by atoms with Crippen LogP contribution in [0, 0.1) is 6.92 Å². The summed E-state index contributed by atoms with van der Waals surface area (Å²) in [6, 6.07) is 3.83. The Morgan fingerprint density at radius 2 is 2.33 bits per heavy atom. The minimum Gasteiger partial charge on any atom is -0.497 e. The molecule has 0 aromatic heterocycles. The molecule has 0 atom stereocenters. The standard InChI is InChI=1S/C8H10O/c1-7-4-3-5-8(6-7)9-2/h3-6H,1-2H3/i4D,5D. The normalized spacial score (nSPS) is 12.2. The van der Waals surface area contributed by atoms with Crippen molar-refractivity contribution in [2.75, 3.05) is 7.11 Å². The molecule has 0 aliphatic rings. The summed E-state index contributed by atoms with van der Waals surface area (Å²) in [5, 5.41) is 0. The van der Waals surface area contributed by atoms with Gasteiger partial charge in [-0.25, -0.2) is 0 Å². The van der Waals surface area contributed by atoms with Crippen molar-refractivity contribution < 1.29 is 7.48 Å². The van der Waals surface area contributed by atoms with Gasteiger partial charge in [-0.1, -0.05) is 12.1 Å². The molecule has 1 heteroatoms. The zero-order valence-corrected chi connectivity index (χ0v) is 5.56. The van der Waals surface area contributed by atoms with Crippen molar-refractivity contribution in [1.29, 1.82) is 0 Å². The molecule has 0 spiro atoms. The van der Waals surface area contributed by atoms with Gasteiger partial charge in [0.05, 0.1) is 9.85 Å². The summed E-state index contributed by atoms with van der Waals surface area (Å²) in [7, 11) is 1.52. The lowest BCUT2D eigenvalue weighted by Crippen LogP contribution is -1.81. The van der Waals surface area contributed by atoms with Crippen LogP contribution >= 0.6 is 0 Å². The molecule has 0 saturated heterocycles. The fourth-order valence-corrected chi connectivity index (χ4v) is 0.619. The number of hydrogen-bond donors (Lipinski definition) is 0. The summed E-state index contributed by atoms with van der Waals surface area (Å²) in [5.74, 6) is 0.526. The second kappa shape index (κ2) is 2.53. The predicted molar refractivity (Wildman–Crippen MR) is 37.7 cm³/mol. The van der Waals surface area contributed by atoms with Gasteiger partial charge in [-0.3, -0.25) is 0 Å². The molecule has 1 rings (SSSR count). The average Bonchev–Trinajstić information content (AvgIpc) is 1.97. The van der Waals surface area contributed by atoms with Crippen LogP contribution in [0.3, 0.4) is 0 Å². The van der Waals surface area contributed by atoms with Gasteiger partial charge >= 0.3 is 0 Å². The molecular weight excluding hydrogens is 112 g/mol. The maximum Gasteiger partial charge on any atom is 0.119 e. The zero-order valence-electron chi connectivity index (χ0n) is 7.56. The molecule has 0 amide bonds. The average molecular weight is 124 g/mol. The minimum atomic E-state index is 0.267. The highest BCUT2D eigenvalue weighted by molar-refractivity contribution is 5.27. The molecule has 0 aliphatic carbocycles. The van der Waals surface area contributed by atoms with Crippen LogP contribution in [0.4, 0.5) is 0 Å². The van der Waals surface area contributed by atoms with E-state index in [0.29, 0.717) is 11.8 Å². The van der Waals surface area contributed by atoms with E-state index < -0.39 is 0 Å². The van der Waals surface area contributed by atoms with Gasteiger partial charge in [0, 0.05) is 0 Å². The Balaban J connectivity index is 3.21. The molecule has 1 aromatic rings. The predicted octanol–water partition coefficient (Wildman–Crippen LogP) is 2.00. The largest absolute Gasteiger partial charge is 0.497 e. The van der Waals surface area contributed by atoms with E-state index in [1.165, 1.54) is 13.2 Å². The molecule has 0 N–H and O–H groups in total. The van der Waals surface area contributed by atoms with Crippen molar-refractivity contribution >= 4 is 0 Å². The highest BCUT2D eigenvalue weighted by atomic mass is 16.5. The third-order valence-corrected chi connectivity index (χ3v) is 1.08. The second-order valence-corrected chi connectivity index (χ2v) is 1.83. The van der Waals surface area contributed by atoms with Gasteiger partial charge in [0.25, 0.3) is 0 Å². The molecule has 0 heterocycles. The smallest absolute Gasteiger partial charge is 0.119 e. The van der Waals surface area contributed by atoms with Crippen LogP contribution in [-0.4, -0.2) is 7.11 Å². The van der Waals surface area contributed by atoms with E-state index in [1.54, 1.807) is 6.07 Å². The molecule has 0 saturated carbocycles. The molecule has 48 valence electrons. The molecule has 1 nitrogen and oxygen atoms in total. The van der Waals surface area contributed by atoms with E-state index in [-0.39, 0.29) is 6.04 Å². The Bertz CT molecular complexity index is 271. The quantitative estimate of drug-likeness (QED) is 0.556. The third kappa shape index (κ3) is 1.46. The first-order valence-electron chi connectivity index (χ1n) is 3.77. The number of benzene rings is 1. The van der Waals surface area contributed by atoms with Gasteiger partial charge in [-0.05, 0) is 24.6 Å². The molecule has 0 unspecified atom stereocenters. The summed E-state index contributed by atoms with van der Waals surface area (Å²) in [6.45, 7) is 1.82. The summed E-state index contributed by atoms with van der Waals surface area (Å²) >= 11 is 0. The van der Waals surface area contributed by atoms with E-state index in [2.05, 4.69) is 0 Å². The van der Waals surface area contributed by atoms with Crippen molar-refractivity contribution in [3.63, 3.8) is 0 Å². The Morgan fingerprint density at radius 3 is 3.00 bits per heavy atom. The molecule has 0 aliphatic heterocycles. The van der Waals surface area contributed by atoms with Gasteiger partial charge in [0.2, 0.25) is 0 Å². The number of methoxy groups -OCH3 is 1. The first kappa shape index (κ1) is 3.94. The lowest BCUT2D eigenvalue weighted by atomic mass is 10.2. The number of hydrogen-bond acceptors (Lipinski definition) is 1. The van der Waals surface area contributed by atoms with Crippen LogP contribution in [0.25, 0.3) is 0 Å². The molecule has 1 aromatic carbocycles. The maximum absolute atomic E-state index is 7.36. The Hall–Kier alpha value is -0.980. The van der Waals surface area contributed by atoms with Crippen LogP contribution in [0.15, 0.2) is 24.2 Å². The Labute approximate surface area is 58.1 Å². The van der Waals surface area contributed by atoms with Crippen LogP contribution < -0.4 is 4.74 Å². The topological polar surface area (TPSA) is 9.23 Å². The molecule has 0 fully saturated rings. The zero-order chi connectivity index (χ0) is 8.43. The van der Waals surface area contributed by atoms with Crippen LogP contribution in [0.2, 0.25) is 0 Å². The van der Waals surface area contributed by atoms with E-state index in [9.17, 15) is 0 Å². The molecule has 0 bridgehead atoms. The fourth-order valence-electron chi connectivity index (χ4n) is 0.619. The van der Waals surface area contributed by atoms with Gasteiger partial charge < -0.3 is 4.74 Å². The maximum atomic E-state index is 7.36. The number of aryl methyl sites for hydroxylation is 1. The molecule has 0 radical (unpaired) electrons. The van der Waals surface area contributed by atoms with Crippen molar-refractivity contribution in [2.24, 2.45) is 0 Å². The summed E-state index contributed by atoms with van der Waals surface area (Å²) in [4.78, 5) is 0. The van der Waals surface area contributed by atoms with Crippen molar-refractivity contribution in [2.45, 2.75) is 6.92 Å². The highest BCUT2D eigenvalue weighted by Crippen LogP contribution is 2.10. The SMILES string of the molecule is [2H]c1cc([2H])c(OC)cc1C. The summed E-state index contributed by atoms with van der Waals surface area (Å²) in [5.41, 5.74) is 0.831. The second-order valence-electron chi connectivity index (χ2n) is 1.83. The first-order valence-corrected chi connectivity index (χ1v) is 2.77. The fraction of sp³-hybridized carbons (Fsp3) is 0.250. The van der Waals surface area contributed by atoms with E-state index in [1.807, 2.05) is 6.92 Å². The minimum absolute atomic E-state index is 0.267. The van der Waals surface area contributed by atoms with E-state index in [0.717, 1.165) is 5.56 Å². The van der Waals surface area contributed by atoms with Crippen molar-refractivity contribution in [3.05, 3.63) is 29.8 Å². The van der Waals surface area contributed by atoms with Crippen LogP contribution in [0.5, 0.6) is 5.75 Å². The monoisotopic (exact) mass is 124 g/mol. The molecular formula is C8H10O. The van der Waals surface area contributed by atoms with Gasteiger partial charge in [0.1, 0.15) is 5.75 Å². The van der Waals surface area contributed by atoms with Gasteiger partial charge in [0.15, 0.2) is 0 Å². The van der Waals surface area contributed by atoms with Gasteiger partial charge in [-0.2, -0.15) is 0 Å². The summed E-state index contributed by atoms with van der Waals surface area (Å²) in [6.07, 6.45) is 0. The third-order valence-electron chi connectivity index (χ3n) is 1.08. The highest BCUT2D eigenvalue weighted by Gasteiger charge is 1.86. The van der Waals surface area contributed by atoms with Crippen LogP contribution in [0.1, 0.15) is 8.30 Å². The van der Waals surface area contributed by atoms with Crippen molar-refractivity contribution in [3.8, 4) is 5.75 Å². The number of ether oxygens (including phenoxy) is 1. The van der Waals surface area contributed by atoms with Crippen molar-refractivity contribution in [1.82, 2.24) is 0 Å². The Kier molecular flexibility index (Phi) is 1.11. The van der Waals surface area contributed by atoms with Gasteiger partial charge in [-0.15, -0.1) is 0 Å². The van der Waals surface area contributed by atoms with Crippen LogP contribution in [-0.2, 0) is 0 Å². The van der Waals surface area contributed by atoms with E-state index >= 15 is 0 Å². The van der Waals surface area contributed by atoms with E-state index in [4.69, 9.17) is 7.48 Å². The lowest BCUT2D eigenvalue weighted by molar-refractivity contribution is 0.414. The number of rotatable bonds is 1. The first-order chi connectivity index (χ1) is 5.15. The Morgan fingerprint density at radius 1 is 1.56 bits per heavy atom. The summed E-state index contributed by atoms with van der Waals surface area (Å²) < 4.78 is 19.6.